The van der Waals surface area contributed by atoms with Gasteiger partial charge in [0.15, 0.2) is 12.4 Å². The molecule has 0 spiro atoms. The second-order valence-electron chi connectivity index (χ2n) is 17.0. The highest BCUT2D eigenvalue weighted by atomic mass is 14.9. The Bertz CT molecular complexity index is 754. The molecule has 0 unspecified atom stereocenters. The molecule has 1 aromatic heterocycles. The fraction of sp³-hybridized carbons (Fsp3) is 0.900. The summed E-state index contributed by atoms with van der Waals surface area (Å²) in [5.41, 5.74) is 3.22. The van der Waals surface area contributed by atoms with Crippen molar-refractivity contribution in [2.24, 2.45) is 0 Å². The van der Waals surface area contributed by atoms with Crippen LogP contribution >= 0.6 is 0 Å². The van der Waals surface area contributed by atoms with Crippen LogP contribution in [0.3, 0.4) is 0 Å². The summed E-state index contributed by atoms with van der Waals surface area (Å²) in [6.45, 7) is 8.17. The van der Waals surface area contributed by atoms with E-state index in [1.807, 2.05) is 0 Å². The molecule has 0 saturated carbocycles. The van der Waals surface area contributed by atoms with Crippen molar-refractivity contribution >= 4 is 0 Å². The molecule has 300 valence electrons. The zero-order valence-electron chi connectivity index (χ0n) is 35.9. The van der Waals surface area contributed by atoms with E-state index in [1.165, 1.54) is 270 Å². The number of hydrogen-bond donors (Lipinski definition) is 0. The highest BCUT2D eigenvalue weighted by Gasteiger charge is 2.09. The van der Waals surface area contributed by atoms with Crippen LogP contribution in [0.25, 0.3) is 0 Å². The molecule has 51 heavy (non-hydrogen) atoms. The van der Waals surface area contributed by atoms with E-state index in [2.05, 4.69) is 43.8 Å². The van der Waals surface area contributed by atoms with Gasteiger partial charge < -0.3 is 0 Å². The van der Waals surface area contributed by atoms with Gasteiger partial charge in [-0.25, -0.2) is 4.57 Å². The lowest BCUT2D eigenvalue weighted by Gasteiger charge is -2.07. The van der Waals surface area contributed by atoms with E-state index in [0.717, 1.165) is 0 Å². The van der Waals surface area contributed by atoms with Gasteiger partial charge in [-0.05, 0) is 38.2 Å². The lowest BCUT2D eigenvalue weighted by molar-refractivity contribution is -0.698. The molecule has 0 amide bonds. The van der Waals surface area contributed by atoms with Gasteiger partial charge in [0, 0.05) is 17.5 Å². The van der Waals surface area contributed by atoms with Crippen molar-refractivity contribution in [3.05, 3.63) is 29.6 Å². The number of nitrogens with zero attached hydrogens (tertiary/aromatic N) is 1. The summed E-state index contributed by atoms with van der Waals surface area (Å²) >= 11 is 0. The molecule has 0 aliphatic rings. The zero-order valence-corrected chi connectivity index (χ0v) is 35.9. The Morgan fingerprint density at radius 3 is 0.745 bits per heavy atom. The highest BCUT2D eigenvalue weighted by molar-refractivity contribution is 5.15. The number of aryl methyl sites for hydroxylation is 3. The molecule has 1 rings (SSSR count). The van der Waals surface area contributed by atoms with Crippen LogP contribution in [0.4, 0.5) is 0 Å². The Balaban J connectivity index is 2.26. The summed E-state index contributed by atoms with van der Waals surface area (Å²) in [6.07, 6.45) is 63.8. The van der Waals surface area contributed by atoms with Crippen LogP contribution in [0.1, 0.15) is 282 Å². The predicted molar refractivity (Wildman–Crippen MR) is 231 cm³/mol. The van der Waals surface area contributed by atoms with Gasteiger partial charge in [0.1, 0.15) is 6.54 Å². The lowest BCUT2D eigenvalue weighted by atomic mass is 10.0. The minimum absolute atomic E-state index is 1.22. The molecule has 1 nitrogen and oxygen atoms in total. The Morgan fingerprint density at radius 1 is 0.275 bits per heavy atom. The minimum Gasteiger partial charge on any atom is -0.205 e. The van der Waals surface area contributed by atoms with Gasteiger partial charge in [0.2, 0.25) is 0 Å². The van der Waals surface area contributed by atoms with Gasteiger partial charge in [-0.1, -0.05) is 245 Å². The molecule has 0 aliphatic carbocycles. The summed E-state index contributed by atoms with van der Waals surface area (Å²) in [5.74, 6) is 0. The molecule has 0 aromatic carbocycles. The third-order valence-electron chi connectivity index (χ3n) is 11.7. The second-order valence-corrected chi connectivity index (χ2v) is 17.0. The summed E-state index contributed by atoms with van der Waals surface area (Å²) < 4.78 is 2.59. The molecule has 0 atom stereocenters. The summed E-state index contributed by atoms with van der Waals surface area (Å²) in [5, 5.41) is 0. The largest absolute Gasteiger partial charge is 0.205 e. The number of unbranched alkanes of at least 4 members (excludes halogenated alkanes) is 36. The van der Waals surface area contributed by atoms with Crippen LogP contribution in [-0.4, -0.2) is 0 Å². The molecular weight excluding hydrogens is 615 g/mol. The molecule has 0 N–H and O–H groups in total. The van der Waals surface area contributed by atoms with Gasteiger partial charge in [-0.15, -0.1) is 0 Å². The molecule has 0 aliphatic heterocycles. The maximum Gasteiger partial charge on any atom is 0.171 e. The molecule has 0 bridgehead atoms. The predicted octanol–water partition coefficient (Wildman–Crippen LogP) is 17.3. The van der Waals surface area contributed by atoms with Crippen LogP contribution in [-0.2, 0) is 19.4 Å². The lowest BCUT2D eigenvalue weighted by Crippen LogP contribution is -2.34. The van der Waals surface area contributed by atoms with Crippen LogP contribution in [0.15, 0.2) is 18.5 Å². The van der Waals surface area contributed by atoms with E-state index >= 15 is 0 Å². The summed E-state index contributed by atoms with van der Waals surface area (Å²) in [7, 11) is 0. The van der Waals surface area contributed by atoms with Gasteiger partial charge in [0.05, 0.1) is 0 Å². The van der Waals surface area contributed by atoms with Crippen LogP contribution in [0, 0.1) is 0 Å². The zero-order chi connectivity index (χ0) is 36.6. The molecule has 0 fully saturated rings. The Kier molecular flexibility index (Phi) is 38.1. The number of aromatic nitrogens is 1. The Labute approximate surface area is 323 Å². The van der Waals surface area contributed by atoms with Crippen LogP contribution in [0.5, 0.6) is 0 Å². The van der Waals surface area contributed by atoms with Crippen LogP contribution in [0.2, 0.25) is 0 Å². The first-order valence-electron chi connectivity index (χ1n) is 24.3. The maximum absolute atomic E-state index is 2.59. The molecule has 1 heterocycles. The molecule has 1 heteroatoms. The van der Waals surface area contributed by atoms with Crippen molar-refractivity contribution < 1.29 is 4.57 Å². The molecule has 0 saturated heterocycles. The SMILES string of the molecule is CCCCCCCCCCCCCCCCCCC[n+]1cc(CCCCCCCCCCCCC)cc(CCCCCCCCCCCCC)c1. The van der Waals surface area contributed by atoms with Gasteiger partial charge in [0.25, 0.3) is 0 Å². The van der Waals surface area contributed by atoms with Crippen molar-refractivity contribution in [3.8, 4) is 0 Å². The second kappa shape index (κ2) is 40.3. The first kappa shape index (κ1) is 48.2. The molecule has 1 aromatic rings. The van der Waals surface area contributed by atoms with E-state index in [1.54, 1.807) is 11.1 Å². The third-order valence-corrected chi connectivity index (χ3v) is 11.7. The van der Waals surface area contributed by atoms with Crippen molar-refractivity contribution in [2.75, 3.05) is 0 Å². The van der Waals surface area contributed by atoms with Gasteiger partial charge in [-0.2, -0.15) is 0 Å². The Hall–Kier alpha value is -0.850. The fourth-order valence-corrected chi connectivity index (χ4v) is 8.18. The van der Waals surface area contributed by atoms with Gasteiger partial charge >= 0.3 is 0 Å². The minimum atomic E-state index is 1.22. The normalized spacial score (nSPS) is 11.6. The standard InChI is InChI=1S/C50H96N/c1-4-7-10-13-16-19-22-23-24-25-26-27-30-33-36-39-42-45-51-47-49(43-40-37-34-31-28-20-17-14-11-8-5-2)46-50(48-51)44-41-38-35-32-29-21-18-15-12-9-6-3/h46-48H,4-45H2,1-3H3/q+1. The number of rotatable bonds is 42. The van der Waals surface area contributed by atoms with Gasteiger partial charge in [-0.3, -0.25) is 0 Å². The maximum atomic E-state index is 2.59. The van der Waals surface area contributed by atoms with Crippen molar-refractivity contribution in [1.82, 2.24) is 0 Å². The van der Waals surface area contributed by atoms with Crippen molar-refractivity contribution in [2.45, 2.75) is 291 Å². The molecular formula is C50H96N+. The summed E-state index contributed by atoms with van der Waals surface area (Å²) in [4.78, 5) is 0. The first-order valence-corrected chi connectivity index (χ1v) is 24.3. The average molecular weight is 711 g/mol. The average Bonchev–Trinajstić information content (AvgIpc) is 3.14. The quantitative estimate of drug-likeness (QED) is 0.0470. The topological polar surface area (TPSA) is 3.88 Å². The smallest absolute Gasteiger partial charge is 0.171 e. The van der Waals surface area contributed by atoms with E-state index in [9.17, 15) is 0 Å². The van der Waals surface area contributed by atoms with E-state index in [0.29, 0.717) is 0 Å². The van der Waals surface area contributed by atoms with Crippen molar-refractivity contribution in [1.29, 1.82) is 0 Å². The van der Waals surface area contributed by atoms with E-state index in [-0.39, 0.29) is 0 Å². The first-order chi connectivity index (χ1) is 25.3. The number of hydrogen-bond acceptors (Lipinski definition) is 0. The third kappa shape index (κ3) is 34.7. The van der Waals surface area contributed by atoms with Crippen molar-refractivity contribution in [3.63, 3.8) is 0 Å². The summed E-state index contributed by atoms with van der Waals surface area (Å²) in [6, 6.07) is 2.58. The van der Waals surface area contributed by atoms with E-state index in [4.69, 9.17) is 0 Å². The highest BCUT2D eigenvalue weighted by Crippen LogP contribution is 2.17. The number of pyridine rings is 1. The fourth-order valence-electron chi connectivity index (χ4n) is 8.18. The molecule has 0 radical (unpaired) electrons. The van der Waals surface area contributed by atoms with E-state index < -0.39 is 0 Å². The van der Waals surface area contributed by atoms with Crippen LogP contribution < -0.4 is 4.57 Å². The monoisotopic (exact) mass is 711 g/mol. The Morgan fingerprint density at radius 2 is 0.490 bits per heavy atom.